The van der Waals surface area contributed by atoms with Gasteiger partial charge in [0.15, 0.2) is 0 Å². The molecule has 0 spiro atoms. The van der Waals surface area contributed by atoms with E-state index >= 15 is 0 Å². The molecule has 25 heavy (non-hydrogen) atoms. The van der Waals surface area contributed by atoms with Crippen LogP contribution in [0.1, 0.15) is 18.9 Å². The molecule has 1 aliphatic rings. The van der Waals surface area contributed by atoms with E-state index in [1.54, 1.807) is 4.90 Å². The maximum atomic E-state index is 13.6. The first-order valence-corrected chi connectivity index (χ1v) is 7.94. The van der Waals surface area contributed by atoms with Gasteiger partial charge in [0.2, 0.25) is 11.8 Å². The zero-order valence-corrected chi connectivity index (χ0v) is 14.3. The highest BCUT2D eigenvalue weighted by atomic mass is 19.1. The Morgan fingerprint density at radius 2 is 2.16 bits per heavy atom. The molecule has 0 aliphatic carbocycles. The lowest BCUT2D eigenvalue weighted by Crippen LogP contribution is -2.50. The van der Waals surface area contributed by atoms with Gasteiger partial charge in [0.25, 0.3) is 0 Å². The second kappa shape index (κ2) is 8.35. The highest BCUT2D eigenvalue weighted by Crippen LogP contribution is 2.21. The van der Waals surface area contributed by atoms with Gasteiger partial charge in [-0.2, -0.15) is 0 Å². The van der Waals surface area contributed by atoms with Crippen molar-refractivity contribution in [2.45, 2.75) is 25.5 Å². The molecule has 0 aromatic heterocycles. The van der Waals surface area contributed by atoms with Crippen molar-refractivity contribution in [1.82, 2.24) is 10.2 Å². The van der Waals surface area contributed by atoms with Gasteiger partial charge in [0.05, 0.1) is 26.2 Å². The molecule has 6 nitrogen and oxygen atoms in total. The molecule has 1 aliphatic heterocycles. The zero-order chi connectivity index (χ0) is 18.4. The molecule has 1 N–H and O–H groups in total. The molecule has 2 rings (SSSR count). The highest BCUT2D eigenvalue weighted by molar-refractivity contribution is 5.77. The highest BCUT2D eigenvalue weighted by Gasteiger charge is 2.38. The number of carbonyl (C=O) groups excluding carboxylic acids is 2. The van der Waals surface area contributed by atoms with Gasteiger partial charge < -0.3 is 19.7 Å². The molecule has 1 aromatic rings. The smallest absolute Gasteiger partial charge is 0.223 e. The predicted octanol–water partition coefficient (Wildman–Crippen LogP) is 1.23. The maximum absolute atomic E-state index is 13.6. The number of benzene rings is 1. The minimum Gasteiger partial charge on any atom is -0.377 e. The number of amides is 2. The van der Waals surface area contributed by atoms with Crippen LogP contribution in [-0.4, -0.2) is 55.7 Å². The predicted molar refractivity (Wildman–Crippen MR) is 85.6 cm³/mol. The number of rotatable bonds is 5. The number of nitrogens with one attached hydrogen (secondary N) is 1. The number of hydrogen-bond donors (Lipinski definition) is 1. The summed E-state index contributed by atoms with van der Waals surface area (Å²) in [6.45, 7) is 2.59. The van der Waals surface area contributed by atoms with Crippen LogP contribution in [0.5, 0.6) is 0 Å². The van der Waals surface area contributed by atoms with Crippen molar-refractivity contribution >= 4 is 11.8 Å². The Morgan fingerprint density at radius 3 is 2.80 bits per heavy atom. The molecule has 1 atom stereocenters. The third kappa shape index (κ3) is 5.20. The summed E-state index contributed by atoms with van der Waals surface area (Å²) in [7, 11) is 1.46. The summed E-state index contributed by atoms with van der Waals surface area (Å²) in [6, 6.07) is 3.18. The molecule has 1 fully saturated rings. The third-order valence-corrected chi connectivity index (χ3v) is 4.20. The molecule has 1 heterocycles. The van der Waals surface area contributed by atoms with Gasteiger partial charge in [-0.25, -0.2) is 8.78 Å². The number of methoxy groups -OCH3 is 1. The van der Waals surface area contributed by atoms with Gasteiger partial charge in [-0.15, -0.1) is 0 Å². The van der Waals surface area contributed by atoms with E-state index in [9.17, 15) is 18.4 Å². The van der Waals surface area contributed by atoms with E-state index in [0.29, 0.717) is 13.2 Å². The van der Waals surface area contributed by atoms with Crippen LogP contribution in [0.3, 0.4) is 0 Å². The van der Waals surface area contributed by atoms with E-state index in [0.717, 1.165) is 12.1 Å². The molecular weight excluding hydrogens is 334 g/mol. The molecule has 0 radical (unpaired) electrons. The summed E-state index contributed by atoms with van der Waals surface area (Å²) < 4.78 is 37.5. The summed E-state index contributed by atoms with van der Waals surface area (Å²) in [5, 5.41) is 2.59. The molecule has 2 amide bonds. The van der Waals surface area contributed by atoms with E-state index < -0.39 is 17.2 Å². The number of halogens is 2. The van der Waals surface area contributed by atoms with Crippen molar-refractivity contribution in [3.63, 3.8) is 0 Å². The standard InChI is InChI=1S/C17H22F2N2O4/c1-12(22)21-5-6-25-11-17(10-21,24-2)8-16(23)20-9-13-3-4-14(18)7-15(13)19/h3-4,7H,5-6,8-11H2,1-2H3,(H,20,23)/t17-/m0/s1. The fourth-order valence-corrected chi connectivity index (χ4v) is 2.69. The van der Waals surface area contributed by atoms with Gasteiger partial charge in [-0.1, -0.05) is 6.07 Å². The number of hydrogen-bond acceptors (Lipinski definition) is 4. The van der Waals surface area contributed by atoms with Crippen LogP contribution in [-0.2, 0) is 25.6 Å². The molecule has 0 bridgehead atoms. The Morgan fingerprint density at radius 1 is 1.40 bits per heavy atom. The van der Waals surface area contributed by atoms with Crippen LogP contribution >= 0.6 is 0 Å². The van der Waals surface area contributed by atoms with E-state index in [-0.39, 0.29) is 43.5 Å². The summed E-state index contributed by atoms with van der Waals surface area (Å²) in [4.78, 5) is 25.5. The van der Waals surface area contributed by atoms with Crippen LogP contribution in [0, 0.1) is 11.6 Å². The van der Waals surface area contributed by atoms with Gasteiger partial charge >= 0.3 is 0 Å². The van der Waals surface area contributed by atoms with E-state index in [2.05, 4.69) is 5.32 Å². The van der Waals surface area contributed by atoms with Gasteiger partial charge in [0, 0.05) is 38.8 Å². The Hall–Kier alpha value is -2.06. The first kappa shape index (κ1) is 19.3. The third-order valence-electron chi connectivity index (χ3n) is 4.20. The van der Waals surface area contributed by atoms with Gasteiger partial charge in [-0.3, -0.25) is 9.59 Å². The average Bonchev–Trinajstić information content (AvgIpc) is 2.77. The van der Waals surface area contributed by atoms with Crippen LogP contribution in [0.2, 0.25) is 0 Å². The summed E-state index contributed by atoms with van der Waals surface area (Å²) in [6.07, 6.45) is -0.0455. The molecular formula is C17H22F2N2O4. The van der Waals surface area contributed by atoms with Crippen LogP contribution < -0.4 is 5.32 Å². The van der Waals surface area contributed by atoms with Crippen molar-refractivity contribution < 1.29 is 27.8 Å². The van der Waals surface area contributed by atoms with Gasteiger partial charge in [0.1, 0.15) is 17.2 Å². The van der Waals surface area contributed by atoms with Crippen LogP contribution in [0.4, 0.5) is 8.78 Å². The van der Waals surface area contributed by atoms with E-state index in [1.165, 1.54) is 20.1 Å². The van der Waals surface area contributed by atoms with Gasteiger partial charge in [-0.05, 0) is 6.07 Å². The van der Waals surface area contributed by atoms with E-state index in [1.807, 2.05) is 0 Å². The molecule has 1 saturated heterocycles. The lowest BCUT2D eigenvalue weighted by Gasteiger charge is -2.33. The Bertz CT molecular complexity index is 641. The van der Waals surface area contributed by atoms with Crippen molar-refractivity contribution in [2.24, 2.45) is 0 Å². The monoisotopic (exact) mass is 356 g/mol. The number of nitrogens with zero attached hydrogens (tertiary/aromatic N) is 1. The summed E-state index contributed by atoms with van der Waals surface area (Å²) >= 11 is 0. The zero-order valence-electron chi connectivity index (χ0n) is 14.3. The minimum atomic E-state index is -0.965. The second-order valence-corrected chi connectivity index (χ2v) is 6.07. The fourth-order valence-electron chi connectivity index (χ4n) is 2.69. The Labute approximate surface area is 145 Å². The minimum absolute atomic E-state index is 0.0455. The number of carbonyl (C=O) groups is 2. The first-order valence-electron chi connectivity index (χ1n) is 7.94. The van der Waals surface area contributed by atoms with Crippen molar-refractivity contribution in [2.75, 3.05) is 33.4 Å². The molecule has 0 unspecified atom stereocenters. The van der Waals surface area contributed by atoms with Crippen LogP contribution in [0.15, 0.2) is 18.2 Å². The van der Waals surface area contributed by atoms with Crippen LogP contribution in [0.25, 0.3) is 0 Å². The van der Waals surface area contributed by atoms with Crippen molar-refractivity contribution in [1.29, 1.82) is 0 Å². The average molecular weight is 356 g/mol. The summed E-state index contributed by atoms with van der Waals surface area (Å²) in [5.74, 6) is -1.89. The SMILES string of the molecule is CO[C@]1(CC(=O)NCc2ccc(F)cc2F)COCCN(C(C)=O)C1. The Balaban J connectivity index is 1.99. The summed E-state index contributed by atoms with van der Waals surface area (Å²) in [5.41, 5.74) is -0.781. The molecule has 0 saturated carbocycles. The molecule has 8 heteroatoms. The van der Waals surface area contributed by atoms with E-state index in [4.69, 9.17) is 9.47 Å². The first-order chi connectivity index (χ1) is 11.8. The second-order valence-electron chi connectivity index (χ2n) is 6.07. The quantitative estimate of drug-likeness (QED) is 0.862. The normalized spacial score (nSPS) is 20.9. The topological polar surface area (TPSA) is 67.9 Å². The maximum Gasteiger partial charge on any atom is 0.223 e. The van der Waals surface area contributed by atoms with Crippen molar-refractivity contribution in [3.05, 3.63) is 35.4 Å². The number of ether oxygens (including phenoxy) is 2. The lowest BCUT2D eigenvalue weighted by molar-refractivity contribution is -0.139. The Kier molecular flexibility index (Phi) is 6.44. The largest absolute Gasteiger partial charge is 0.377 e. The van der Waals surface area contributed by atoms with Crippen molar-refractivity contribution in [3.8, 4) is 0 Å². The lowest BCUT2D eigenvalue weighted by atomic mass is 9.99. The molecule has 1 aromatic carbocycles. The molecule has 138 valence electrons. The fraction of sp³-hybridized carbons (Fsp3) is 0.529.